The van der Waals surface area contributed by atoms with E-state index in [1.54, 1.807) is 0 Å². The van der Waals surface area contributed by atoms with Gasteiger partial charge in [-0.15, -0.1) is 11.3 Å². The van der Waals surface area contributed by atoms with Gasteiger partial charge in [0.05, 0.1) is 16.7 Å². The lowest BCUT2D eigenvalue weighted by Crippen LogP contribution is -2.00. The highest BCUT2D eigenvalue weighted by Gasteiger charge is 2.23. The van der Waals surface area contributed by atoms with Crippen molar-refractivity contribution in [1.82, 2.24) is 19.5 Å². The van der Waals surface area contributed by atoms with Crippen molar-refractivity contribution in [2.75, 3.05) is 0 Å². The molecule has 0 saturated carbocycles. The molecule has 11 aromatic rings. The zero-order chi connectivity index (χ0) is 33.5. The maximum atomic E-state index is 6.67. The van der Waals surface area contributed by atoms with Crippen LogP contribution in [0.2, 0.25) is 0 Å². The molecule has 5 nitrogen and oxygen atoms in total. The van der Waals surface area contributed by atoms with Crippen LogP contribution in [0, 0.1) is 0 Å². The molecule has 0 unspecified atom stereocenters. The molecule has 238 valence electrons. The summed E-state index contributed by atoms with van der Waals surface area (Å²) in [6.07, 6.45) is 0. The molecule has 4 aromatic heterocycles. The third-order valence-corrected chi connectivity index (χ3v) is 11.0. The Labute approximate surface area is 295 Å². The first kappa shape index (κ1) is 28.2. The Morgan fingerprint density at radius 3 is 1.67 bits per heavy atom. The lowest BCUT2D eigenvalue weighted by molar-refractivity contribution is 0.669. The van der Waals surface area contributed by atoms with E-state index in [4.69, 9.17) is 19.4 Å². The van der Waals surface area contributed by atoms with E-state index in [0.717, 1.165) is 44.3 Å². The first-order chi connectivity index (χ1) is 25.3. The normalized spacial score (nSPS) is 11.9. The second kappa shape index (κ2) is 10.9. The van der Waals surface area contributed by atoms with Crippen LogP contribution < -0.4 is 0 Å². The van der Waals surface area contributed by atoms with Crippen molar-refractivity contribution in [2.24, 2.45) is 0 Å². The molecule has 0 radical (unpaired) electrons. The van der Waals surface area contributed by atoms with Crippen LogP contribution in [0.3, 0.4) is 0 Å². The molecule has 0 aliphatic rings. The maximum Gasteiger partial charge on any atom is 0.164 e. The summed E-state index contributed by atoms with van der Waals surface area (Å²) in [6.45, 7) is 0. The molecule has 51 heavy (non-hydrogen) atoms. The maximum absolute atomic E-state index is 6.67. The predicted octanol–water partition coefficient (Wildman–Crippen LogP) is 12.2. The summed E-state index contributed by atoms with van der Waals surface area (Å²) in [5.74, 6) is 1.86. The number of para-hydroxylation sites is 2. The van der Waals surface area contributed by atoms with Crippen molar-refractivity contribution < 1.29 is 4.42 Å². The Bertz CT molecular complexity index is 3030. The number of rotatable bonds is 4. The smallest absolute Gasteiger partial charge is 0.164 e. The standard InChI is InChI=1S/C45H26N4OS/c1-3-13-27(14-4-1)43-46-44(28-15-5-2-6-16-28)48-45(47-43)31-19-11-23-35-39(31)41-36(50-35)25-26-38-42(41)40-34(22-12-24-37(40)51-38)49-32-20-9-7-17-29(32)30-18-8-10-21-33(30)49/h1-26H. The number of hydrogen-bond donors (Lipinski definition) is 0. The first-order valence-electron chi connectivity index (χ1n) is 17.0. The lowest BCUT2D eigenvalue weighted by atomic mass is 10.0. The molecule has 0 spiro atoms. The van der Waals surface area contributed by atoms with Crippen LogP contribution in [0.5, 0.6) is 0 Å². The van der Waals surface area contributed by atoms with E-state index in [-0.39, 0.29) is 0 Å². The van der Waals surface area contributed by atoms with Gasteiger partial charge < -0.3 is 8.98 Å². The minimum absolute atomic E-state index is 0.607. The van der Waals surface area contributed by atoms with E-state index in [2.05, 4.69) is 89.5 Å². The highest BCUT2D eigenvalue weighted by Crippen LogP contribution is 2.47. The number of furan rings is 1. The summed E-state index contributed by atoms with van der Waals surface area (Å²) in [5.41, 5.74) is 7.92. The van der Waals surface area contributed by atoms with E-state index < -0.39 is 0 Å². The van der Waals surface area contributed by atoms with Gasteiger partial charge in [-0.05, 0) is 42.5 Å². The summed E-state index contributed by atoms with van der Waals surface area (Å²) in [4.78, 5) is 15.2. The first-order valence-corrected chi connectivity index (χ1v) is 17.8. The van der Waals surface area contributed by atoms with Crippen LogP contribution in [0.1, 0.15) is 0 Å². The summed E-state index contributed by atoms with van der Waals surface area (Å²) in [5, 5.41) is 6.93. The topological polar surface area (TPSA) is 56.7 Å². The van der Waals surface area contributed by atoms with Gasteiger partial charge in [0.15, 0.2) is 17.5 Å². The summed E-state index contributed by atoms with van der Waals surface area (Å²) >= 11 is 1.82. The molecule has 0 bridgehead atoms. The minimum Gasteiger partial charge on any atom is -0.456 e. The van der Waals surface area contributed by atoms with E-state index in [9.17, 15) is 0 Å². The average molecular weight is 671 g/mol. The molecule has 0 fully saturated rings. The van der Waals surface area contributed by atoms with Gasteiger partial charge in [-0.25, -0.2) is 15.0 Å². The van der Waals surface area contributed by atoms with Gasteiger partial charge in [-0.3, -0.25) is 0 Å². The van der Waals surface area contributed by atoms with E-state index in [0.29, 0.717) is 17.5 Å². The predicted molar refractivity (Wildman–Crippen MR) is 211 cm³/mol. The largest absolute Gasteiger partial charge is 0.456 e. The minimum atomic E-state index is 0.607. The van der Waals surface area contributed by atoms with Crippen molar-refractivity contribution in [3.8, 4) is 39.9 Å². The number of thiophene rings is 1. The van der Waals surface area contributed by atoms with Gasteiger partial charge in [0.2, 0.25) is 0 Å². The second-order valence-electron chi connectivity index (χ2n) is 12.8. The third-order valence-electron chi connectivity index (χ3n) is 9.86. The SMILES string of the molecule is c1ccc(-c2nc(-c3ccccc3)nc(-c3cccc4oc5ccc6sc7cccc(-n8c9ccccc9c9ccccc98)c7c6c5c34)n2)cc1. The van der Waals surface area contributed by atoms with Gasteiger partial charge in [0.25, 0.3) is 0 Å². The summed E-state index contributed by atoms with van der Waals surface area (Å²) in [7, 11) is 0. The number of fused-ring (bicyclic) bond motifs is 10. The van der Waals surface area contributed by atoms with Gasteiger partial charge in [-0.2, -0.15) is 0 Å². The van der Waals surface area contributed by atoms with Crippen LogP contribution in [0.25, 0.3) is 104 Å². The average Bonchev–Trinajstić information content (AvgIpc) is 3.88. The van der Waals surface area contributed by atoms with Crippen LogP contribution in [-0.2, 0) is 0 Å². The molecule has 0 aliphatic heterocycles. The van der Waals surface area contributed by atoms with Gasteiger partial charge in [0.1, 0.15) is 11.2 Å². The van der Waals surface area contributed by atoms with Crippen molar-refractivity contribution in [3.05, 3.63) is 158 Å². The van der Waals surface area contributed by atoms with Crippen molar-refractivity contribution in [3.63, 3.8) is 0 Å². The fourth-order valence-electron chi connectivity index (χ4n) is 7.68. The van der Waals surface area contributed by atoms with Gasteiger partial charge >= 0.3 is 0 Å². The van der Waals surface area contributed by atoms with Gasteiger partial charge in [0, 0.05) is 58.4 Å². The highest BCUT2D eigenvalue weighted by atomic mass is 32.1. The highest BCUT2D eigenvalue weighted by molar-refractivity contribution is 7.26. The molecule has 7 aromatic carbocycles. The Kier molecular flexibility index (Phi) is 6.05. The van der Waals surface area contributed by atoms with E-state index in [1.165, 1.54) is 42.0 Å². The van der Waals surface area contributed by atoms with Crippen LogP contribution in [0.4, 0.5) is 0 Å². The molecule has 0 N–H and O–H groups in total. The molecule has 6 heteroatoms. The summed E-state index contributed by atoms with van der Waals surface area (Å²) < 4.78 is 11.5. The van der Waals surface area contributed by atoms with Crippen molar-refractivity contribution in [1.29, 1.82) is 0 Å². The monoisotopic (exact) mass is 670 g/mol. The van der Waals surface area contributed by atoms with Crippen molar-refractivity contribution >= 4 is 75.3 Å². The van der Waals surface area contributed by atoms with Crippen LogP contribution >= 0.6 is 11.3 Å². The number of hydrogen-bond acceptors (Lipinski definition) is 5. The molecule has 0 amide bonds. The number of benzene rings is 7. The van der Waals surface area contributed by atoms with Gasteiger partial charge in [-0.1, -0.05) is 115 Å². The van der Waals surface area contributed by atoms with Crippen LogP contribution in [0.15, 0.2) is 162 Å². The Hall–Kier alpha value is -6.63. The molecular formula is C45H26N4OS. The molecular weight excluding hydrogens is 645 g/mol. The fourth-order valence-corrected chi connectivity index (χ4v) is 8.82. The zero-order valence-electron chi connectivity index (χ0n) is 27.1. The fraction of sp³-hybridized carbons (Fsp3) is 0. The quantitative estimate of drug-likeness (QED) is 0.187. The Balaban J connectivity index is 1.26. The van der Waals surface area contributed by atoms with Crippen molar-refractivity contribution in [2.45, 2.75) is 0 Å². The Morgan fingerprint density at radius 1 is 0.412 bits per heavy atom. The molecule has 0 atom stereocenters. The third kappa shape index (κ3) is 4.24. The zero-order valence-corrected chi connectivity index (χ0v) is 27.9. The number of nitrogens with zero attached hydrogens (tertiary/aromatic N) is 4. The summed E-state index contributed by atoms with van der Waals surface area (Å²) in [6, 6.07) is 54.7. The molecule has 11 rings (SSSR count). The van der Waals surface area contributed by atoms with Crippen LogP contribution in [-0.4, -0.2) is 19.5 Å². The molecule has 4 heterocycles. The molecule has 0 saturated heterocycles. The molecule has 0 aliphatic carbocycles. The number of aromatic nitrogens is 4. The van der Waals surface area contributed by atoms with E-state index >= 15 is 0 Å². The second-order valence-corrected chi connectivity index (χ2v) is 13.8. The Morgan fingerprint density at radius 2 is 0.980 bits per heavy atom. The lowest BCUT2D eigenvalue weighted by Gasteiger charge is -2.11. The van der Waals surface area contributed by atoms with E-state index in [1.807, 2.05) is 84.1 Å².